The number of furan rings is 1. The zero-order valence-corrected chi connectivity index (χ0v) is 19.9. The fourth-order valence-electron chi connectivity index (χ4n) is 2.99. The van der Waals surface area contributed by atoms with Gasteiger partial charge in [0.15, 0.2) is 5.76 Å². The molecule has 178 valence electrons. The Bertz CT molecular complexity index is 1410. The maximum absolute atomic E-state index is 12.7. The topological polar surface area (TPSA) is 104 Å². The number of carbonyl (C=O) groups excluding carboxylic acids is 1. The average molecular weight is 534 g/mol. The minimum atomic E-state index is -0.620. The monoisotopic (exact) mass is 532 g/mol. The molecule has 1 amide bonds. The SMILES string of the molecule is O=C(Nc1cc(Oc2ccc(Cl)cc2Cl)cc([N+](=O)[O-])c1)c1ccc(COc2ccccc2Cl)o1. The summed E-state index contributed by atoms with van der Waals surface area (Å²) in [6.07, 6.45) is 0. The lowest BCUT2D eigenvalue weighted by Crippen LogP contribution is -2.11. The van der Waals surface area contributed by atoms with Crippen LogP contribution in [0.4, 0.5) is 11.4 Å². The van der Waals surface area contributed by atoms with Crippen molar-refractivity contribution in [1.29, 1.82) is 0 Å². The number of ether oxygens (including phenoxy) is 2. The smallest absolute Gasteiger partial charge is 0.291 e. The van der Waals surface area contributed by atoms with Crippen LogP contribution < -0.4 is 14.8 Å². The Morgan fingerprint density at radius 3 is 2.49 bits per heavy atom. The van der Waals surface area contributed by atoms with Crippen LogP contribution in [0, 0.1) is 10.1 Å². The summed E-state index contributed by atoms with van der Waals surface area (Å²) >= 11 is 18.1. The number of amides is 1. The van der Waals surface area contributed by atoms with Crippen LogP contribution in [0.1, 0.15) is 16.3 Å². The van der Waals surface area contributed by atoms with Crippen molar-refractivity contribution in [2.45, 2.75) is 6.61 Å². The Hall–Kier alpha value is -3.72. The molecule has 3 aromatic carbocycles. The van der Waals surface area contributed by atoms with E-state index in [0.29, 0.717) is 21.6 Å². The highest BCUT2D eigenvalue weighted by atomic mass is 35.5. The van der Waals surface area contributed by atoms with E-state index < -0.39 is 10.8 Å². The minimum absolute atomic E-state index is 0.0162. The lowest BCUT2D eigenvalue weighted by atomic mass is 10.2. The second-order valence-corrected chi connectivity index (χ2v) is 8.34. The number of non-ortho nitro benzene ring substituents is 1. The van der Waals surface area contributed by atoms with E-state index in [1.165, 1.54) is 36.4 Å². The van der Waals surface area contributed by atoms with Crippen LogP contribution in [-0.2, 0) is 6.61 Å². The average Bonchev–Trinajstić information content (AvgIpc) is 3.29. The van der Waals surface area contributed by atoms with Crippen molar-refractivity contribution in [1.82, 2.24) is 0 Å². The molecule has 11 heteroatoms. The summed E-state index contributed by atoms with van der Waals surface area (Å²) in [4.78, 5) is 23.5. The molecule has 0 bridgehead atoms. The first kappa shape index (κ1) is 24.4. The van der Waals surface area contributed by atoms with Gasteiger partial charge in [-0.3, -0.25) is 14.9 Å². The number of nitrogens with one attached hydrogen (secondary N) is 1. The highest BCUT2D eigenvalue weighted by molar-refractivity contribution is 6.35. The van der Waals surface area contributed by atoms with E-state index in [0.717, 1.165) is 0 Å². The molecule has 1 N–H and O–H groups in total. The van der Waals surface area contributed by atoms with Gasteiger partial charge >= 0.3 is 0 Å². The molecular formula is C24H15Cl3N2O6. The van der Waals surface area contributed by atoms with Gasteiger partial charge in [-0.15, -0.1) is 0 Å². The number of halogens is 3. The zero-order chi connectivity index (χ0) is 24.9. The lowest BCUT2D eigenvalue weighted by molar-refractivity contribution is -0.384. The Labute approximate surface area is 214 Å². The van der Waals surface area contributed by atoms with Crippen LogP contribution in [0.2, 0.25) is 15.1 Å². The van der Waals surface area contributed by atoms with Gasteiger partial charge in [0.2, 0.25) is 0 Å². The predicted molar refractivity (Wildman–Crippen MR) is 132 cm³/mol. The molecule has 35 heavy (non-hydrogen) atoms. The van der Waals surface area contributed by atoms with E-state index in [2.05, 4.69) is 5.32 Å². The van der Waals surface area contributed by atoms with E-state index in [1.54, 1.807) is 36.4 Å². The zero-order valence-electron chi connectivity index (χ0n) is 17.7. The summed E-state index contributed by atoms with van der Waals surface area (Å²) in [5, 5.41) is 15.0. The van der Waals surface area contributed by atoms with Gasteiger partial charge in [0.05, 0.1) is 26.7 Å². The molecule has 0 saturated heterocycles. The number of benzene rings is 3. The Morgan fingerprint density at radius 1 is 0.943 bits per heavy atom. The maximum atomic E-state index is 12.7. The van der Waals surface area contributed by atoms with Gasteiger partial charge in [0.25, 0.3) is 11.6 Å². The highest BCUT2D eigenvalue weighted by Crippen LogP contribution is 2.35. The third-order valence-electron chi connectivity index (χ3n) is 4.57. The van der Waals surface area contributed by atoms with Gasteiger partial charge in [0.1, 0.15) is 29.6 Å². The number of rotatable bonds is 8. The standard InChI is InChI=1S/C24H15Cl3N2O6/c25-14-5-7-22(20(27)9-14)35-18-11-15(10-16(12-18)29(31)32)28-24(30)23-8-6-17(34-23)13-33-21-4-2-1-3-19(21)26/h1-12H,13H2,(H,28,30). The second kappa shape index (κ2) is 10.7. The summed E-state index contributed by atoms with van der Waals surface area (Å²) in [6.45, 7) is 0.0493. The molecule has 1 aromatic heterocycles. The van der Waals surface area contributed by atoms with Gasteiger partial charge in [-0.2, -0.15) is 0 Å². The summed E-state index contributed by atoms with van der Waals surface area (Å²) in [5.74, 6) is 0.550. The van der Waals surface area contributed by atoms with Crippen LogP contribution >= 0.6 is 34.8 Å². The number of hydrogen-bond acceptors (Lipinski definition) is 6. The van der Waals surface area contributed by atoms with E-state index in [-0.39, 0.29) is 40.3 Å². The molecule has 0 saturated carbocycles. The maximum Gasteiger partial charge on any atom is 0.291 e. The van der Waals surface area contributed by atoms with Crippen LogP contribution in [0.3, 0.4) is 0 Å². The number of hydrogen-bond donors (Lipinski definition) is 1. The van der Waals surface area contributed by atoms with Gasteiger partial charge in [-0.25, -0.2) is 0 Å². The third-order valence-corrected chi connectivity index (χ3v) is 5.42. The fourth-order valence-corrected chi connectivity index (χ4v) is 3.62. The Morgan fingerprint density at radius 2 is 1.74 bits per heavy atom. The lowest BCUT2D eigenvalue weighted by Gasteiger charge is -2.10. The Balaban J connectivity index is 1.48. The van der Waals surface area contributed by atoms with E-state index in [4.69, 9.17) is 48.7 Å². The molecule has 0 unspecified atom stereocenters. The van der Waals surface area contributed by atoms with Gasteiger partial charge in [-0.1, -0.05) is 46.9 Å². The molecule has 4 aromatic rings. The molecule has 8 nitrogen and oxygen atoms in total. The molecule has 0 spiro atoms. The number of nitro benzene ring substituents is 1. The first-order valence-corrected chi connectivity index (χ1v) is 11.1. The number of carbonyl (C=O) groups is 1. The molecule has 0 aliphatic heterocycles. The molecular weight excluding hydrogens is 519 g/mol. The summed E-state index contributed by atoms with van der Waals surface area (Å²) in [7, 11) is 0. The third kappa shape index (κ3) is 6.24. The number of nitro groups is 1. The van der Waals surface area contributed by atoms with Crippen molar-refractivity contribution >= 4 is 52.1 Å². The van der Waals surface area contributed by atoms with Gasteiger partial charge in [-0.05, 0) is 42.5 Å². The van der Waals surface area contributed by atoms with Crippen molar-refractivity contribution in [2.75, 3.05) is 5.32 Å². The van der Waals surface area contributed by atoms with Crippen molar-refractivity contribution in [3.63, 3.8) is 0 Å². The van der Waals surface area contributed by atoms with Crippen LogP contribution in [0.25, 0.3) is 0 Å². The fraction of sp³-hybridized carbons (Fsp3) is 0.0417. The van der Waals surface area contributed by atoms with E-state index in [1.807, 2.05) is 0 Å². The van der Waals surface area contributed by atoms with Gasteiger partial charge < -0.3 is 19.2 Å². The van der Waals surface area contributed by atoms with Crippen molar-refractivity contribution < 1.29 is 23.6 Å². The molecule has 0 atom stereocenters. The van der Waals surface area contributed by atoms with Crippen LogP contribution in [0.5, 0.6) is 17.2 Å². The van der Waals surface area contributed by atoms with E-state index in [9.17, 15) is 14.9 Å². The largest absolute Gasteiger partial charge is 0.484 e. The normalized spacial score (nSPS) is 10.6. The summed E-state index contributed by atoms with van der Waals surface area (Å²) < 4.78 is 16.8. The van der Waals surface area contributed by atoms with Crippen molar-refractivity contribution in [2.24, 2.45) is 0 Å². The minimum Gasteiger partial charge on any atom is -0.484 e. The first-order valence-electron chi connectivity index (χ1n) is 9.98. The van der Waals surface area contributed by atoms with Crippen LogP contribution in [0.15, 0.2) is 77.2 Å². The molecule has 0 radical (unpaired) electrons. The molecule has 4 rings (SSSR count). The molecule has 0 fully saturated rings. The van der Waals surface area contributed by atoms with E-state index >= 15 is 0 Å². The number of nitrogens with zero attached hydrogens (tertiary/aromatic N) is 1. The van der Waals surface area contributed by atoms with Crippen molar-refractivity contribution in [3.8, 4) is 17.2 Å². The highest BCUT2D eigenvalue weighted by Gasteiger charge is 2.17. The quantitative estimate of drug-likeness (QED) is 0.183. The van der Waals surface area contributed by atoms with Crippen molar-refractivity contribution in [3.05, 3.63) is 109 Å². The number of anilines is 1. The molecule has 0 aliphatic carbocycles. The van der Waals surface area contributed by atoms with Gasteiger partial charge in [0, 0.05) is 17.2 Å². The second-order valence-electron chi connectivity index (χ2n) is 7.09. The van der Waals surface area contributed by atoms with Crippen LogP contribution in [-0.4, -0.2) is 10.8 Å². The summed E-state index contributed by atoms with van der Waals surface area (Å²) in [5.41, 5.74) is -0.175. The summed E-state index contributed by atoms with van der Waals surface area (Å²) in [6, 6.07) is 18.4. The number of para-hydroxylation sites is 1. The first-order chi connectivity index (χ1) is 16.8. The molecule has 1 heterocycles. The molecule has 0 aliphatic rings. The Kier molecular flexibility index (Phi) is 7.45. The predicted octanol–water partition coefficient (Wildman–Crippen LogP) is 7.77.